The number of carbonyl (C=O) groups is 1. The molecule has 2 aromatic heterocycles. The van der Waals surface area contributed by atoms with Crippen LogP contribution in [0.25, 0.3) is 28.5 Å². The highest BCUT2D eigenvalue weighted by atomic mass is 19.1. The lowest BCUT2D eigenvalue weighted by Gasteiger charge is -2.15. The van der Waals surface area contributed by atoms with Gasteiger partial charge in [-0.2, -0.15) is 4.73 Å². The number of benzene rings is 2. The van der Waals surface area contributed by atoms with Crippen molar-refractivity contribution < 1.29 is 19.5 Å². The first kappa shape index (κ1) is 22.4. The summed E-state index contributed by atoms with van der Waals surface area (Å²) in [6.07, 6.45) is 5.60. The molecule has 7 heteroatoms. The topological polar surface area (TPSA) is 91.1 Å². The first-order valence-corrected chi connectivity index (χ1v) is 10.7. The molecule has 1 unspecified atom stereocenters. The summed E-state index contributed by atoms with van der Waals surface area (Å²) < 4.78 is 13.9. The van der Waals surface area contributed by atoms with E-state index in [0.29, 0.717) is 47.2 Å². The van der Waals surface area contributed by atoms with Gasteiger partial charge in [0.2, 0.25) is 0 Å². The third-order valence-electron chi connectivity index (χ3n) is 5.39. The number of aryl methyl sites for hydroxylation is 1. The summed E-state index contributed by atoms with van der Waals surface area (Å²) in [4.78, 5) is 20.9. The van der Waals surface area contributed by atoms with Crippen LogP contribution in [0.1, 0.15) is 42.7 Å². The molecular weight excluding hydrogens is 421 g/mol. The highest BCUT2D eigenvalue weighted by molar-refractivity contribution is 5.93. The maximum absolute atomic E-state index is 12.9. The Morgan fingerprint density at radius 1 is 1.18 bits per heavy atom. The lowest BCUT2D eigenvalue weighted by atomic mass is 10.1. The van der Waals surface area contributed by atoms with Gasteiger partial charge in [0.25, 0.3) is 0 Å². The van der Waals surface area contributed by atoms with Crippen LogP contribution in [-0.4, -0.2) is 25.7 Å². The summed E-state index contributed by atoms with van der Waals surface area (Å²) in [5.41, 5.74) is 3.90. The Bertz CT molecular complexity index is 1290. The van der Waals surface area contributed by atoms with E-state index >= 15 is 0 Å². The second kappa shape index (κ2) is 9.75. The average Bonchev–Trinajstić information content (AvgIpc) is 3.15. The summed E-state index contributed by atoms with van der Waals surface area (Å²) in [6, 6.07) is 14.7. The van der Waals surface area contributed by atoms with E-state index in [4.69, 9.17) is 0 Å². The molecule has 0 saturated heterocycles. The monoisotopic (exact) mass is 444 g/mol. The number of allylic oxidation sites excluding steroid dienone is 1. The lowest BCUT2D eigenvalue weighted by Crippen LogP contribution is -2.10. The maximum atomic E-state index is 12.9. The predicted molar refractivity (Wildman–Crippen MR) is 122 cm³/mol. The van der Waals surface area contributed by atoms with Crippen LogP contribution in [0.15, 0.2) is 66.9 Å². The zero-order valence-electron chi connectivity index (χ0n) is 18.1. The summed E-state index contributed by atoms with van der Waals surface area (Å²) >= 11 is 0. The quantitative estimate of drug-likeness (QED) is 0.319. The van der Waals surface area contributed by atoms with Gasteiger partial charge in [0.15, 0.2) is 11.6 Å². The van der Waals surface area contributed by atoms with E-state index in [-0.39, 0.29) is 11.6 Å². The van der Waals surface area contributed by atoms with Gasteiger partial charge in [0.05, 0.1) is 5.52 Å². The van der Waals surface area contributed by atoms with Crippen LogP contribution in [0.4, 0.5) is 4.39 Å². The number of ketones is 1. The Morgan fingerprint density at radius 3 is 2.67 bits per heavy atom. The van der Waals surface area contributed by atoms with Gasteiger partial charge in [-0.25, -0.2) is 9.37 Å². The minimum absolute atomic E-state index is 0.00305. The normalized spacial score (nSPS) is 12.5. The van der Waals surface area contributed by atoms with Crippen molar-refractivity contribution in [3.8, 4) is 11.4 Å². The smallest absolute Gasteiger partial charge is 0.178 e. The molecule has 168 valence electrons. The fraction of sp³-hybridized carbons (Fsp3) is 0.192. The molecule has 1 N–H and O–H groups in total. The molecule has 0 aliphatic carbocycles. The molecule has 4 rings (SSSR count). The minimum atomic E-state index is -0.890. The summed E-state index contributed by atoms with van der Waals surface area (Å²) in [5, 5.41) is 22.2. The number of nitrogens with zero attached hydrogens (tertiary/aromatic N) is 3. The second-order valence-corrected chi connectivity index (χ2v) is 7.88. The largest absolute Gasteiger partial charge is 0.849 e. The van der Waals surface area contributed by atoms with E-state index in [2.05, 4.69) is 9.97 Å². The fourth-order valence-electron chi connectivity index (χ4n) is 3.51. The molecule has 0 amide bonds. The second-order valence-electron chi connectivity index (χ2n) is 7.88. The molecule has 6 nitrogen and oxygen atoms in total. The molecule has 0 aliphatic rings. The number of hydrogen-bond acceptors (Lipinski definition) is 5. The molecular formula is C26H23FN3O3-. The van der Waals surface area contributed by atoms with Crippen LogP contribution in [0.3, 0.4) is 0 Å². The molecule has 0 aliphatic heterocycles. The van der Waals surface area contributed by atoms with Gasteiger partial charge >= 0.3 is 0 Å². The Kier molecular flexibility index (Phi) is 6.60. The Balaban J connectivity index is 1.36. The maximum Gasteiger partial charge on any atom is 0.178 e. The predicted octanol–water partition coefficient (Wildman–Crippen LogP) is 4.50. The number of hydrogen-bond donors (Lipinski definition) is 1. The highest BCUT2D eigenvalue weighted by Gasteiger charge is 2.13. The minimum Gasteiger partial charge on any atom is -0.849 e. The molecule has 4 aromatic rings. The van der Waals surface area contributed by atoms with E-state index in [1.165, 1.54) is 18.2 Å². The van der Waals surface area contributed by atoms with Crippen molar-refractivity contribution in [3.05, 3.63) is 89.5 Å². The molecule has 1 atom stereocenters. The van der Waals surface area contributed by atoms with Crippen LogP contribution in [0.5, 0.6) is 0 Å². The van der Waals surface area contributed by atoms with E-state index in [0.717, 1.165) is 16.0 Å². The van der Waals surface area contributed by atoms with Crippen molar-refractivity contribution in [1.82, 2.24) is 14.7 Å². The van der Waals surface area contributed by atoms with Gasteiger partial charge in [0, 0.05) is 23.9 Å². The third kappa shape index (κ3) is 5.32. The SMILES string of the molecule is CC([O-])c1ccc2nc(-c3ccc(CCCC(=O)/C=C/c4ccc(F)cc4)nc3)n(O)c2c1. The van der Waals surface area contributed by atoms with Gasteiger partial charge in [-0.15, -0.1) is 6.10 Å². The van der Waals surface area contributed by atoms with Gasteiger partial charge < -0.3 is 10.3 Å². The summed E-state index contributed by atoms with van der Waals surface area (Å²) in [6.45, 7) is 1.55. The molecule has 0 saturated carbocycles. The molecule has 33 heavy (non-hydrogen) atoms. The van der Waals surface area contributed by atoms with E-state index < -0.39 is 6.10 Å². The molecule has 2 heterocycles. The molecule has 0 fully saturated rings. The molecule has 0 spiro atoms. The van der Waals surface area contributed by atoms with Crippen LogP contribution >= 0.6 is 0 Å². The van der Waals surface area contributed by atoms with Crippen LogP contribution in [0.2, 0.25) is 0 Å². The van der Waals surface area contributed by atoms with Crippen molar-refractivity contribution in [1.29, 1.82) is 0 Å². The number of aromatic nitrogens is 3. The van der Waals surface area contributed by atoms with Crippen molar-refractivity contribution in [2.75, 3.05) is 0 Å². The first-order chi connectivity index (χ1) is 15.9. The van der Waals surface area contributed by atoms with Gasteiger partial charge in [0.1, 0.15) is 11.3 Å². The van der Waals surface area contributed by atoms with Crippen molar-refractivity contribution >= 4 is 22.9 Å². The van der Waals surface area contributed by atoms with Gasteiger partial charge in [-0.1, -0.05) is 36.8 Å². The van der Waals surface area contributed by atoms with Crippen LogP contribution < -0.4 is 5.11 Å². The van der Waals surface area contributed by atoms with Crippen LogP contribution in [0, 0.1) is 5.82 Å². The van der Waals surface area contributed by atoms with Crippen molar-refractivity contribution in [3.63, 3.8) is 0 Å². The van der Waals surface area contributed by atoms with E-state index in [1.807, 2.05) is 12.1 Å². The summed E-state index contributed by atoms with van der Waals surface area (Å²) in [5.74, 6) is 0.0359. The zero-order valence-corrected chi connectivity index (χ0v) is 18.1. The van der Waals surface area contributed by atoms with Gasteiger partial charge in [-0.3, -0.25) is 9.78 Å². The first-order valence-electron chi connectivity index (χ1n) is 10.7. The average molecular weight is 444 g/mol. The molecule has 2 aromatic carbocycles. The number of carbonyl (C=O) groups excluding carboxylic acids is 1. The Morgan fingerprint density at radius 2 is 1.97 bits per heavy atom. The summed E-state index contributed by atoms with van der Waals surface area (Å²) in [7, 11) is 0. The Hall–Kier alpha value is -3.84. The molecule has 0 bridgehead atoms. The van der Waals surface area contributed by atoms with Crippen molar-refractivity contribution in [2.24, 2.45) is 0 Å². The fourth-order valence-corrected chi connectivity index (χ4v) is 3.51. The number of pyridine rings is 1. The molecule has 0 radical (unpaired) electrons. The number of halogens is 1. The van der Waals surface area contributed by atoms with Crippen LogP contribution in [-0.2, 0) is 11.2 Å². The Labute approximate surface area is 190 Å². The van der Waals surface area contributed by atoms with E-state index in [9.17, 15) is 19.5 Å². The third-order valence-corrected chi connectivity index (χ3v) is 5.39. The standard InChI is InChI=1S/C26H23FN3O3/c1-17(31)19-9-14-24-25(15-19)30(33)26(29-24)20-8-12-22(28-16-20)3-2-4-23(32)13-7-18-5-10-21(27)11-6-18/h5-17,33H,2-4H2,1H3/q-1/b13-7+. The van der Waals surface area contributed by atoms with E-state index in [1.54, 1.807) is 49.5 Å². The van der Waals surface area contributed by atoms with Gasteiger partial charge in [-0.05, 0) is 60.9 Å². The number of rotatable bonds is 8. The highest BCUT2D eigenvalue weighted by Crippen LogP contribution is 2.25. The zero-order chi connectivity index (χ0) is 23.4. The van der Waals surface area contributed by atoms with Crippen molar-refractivity contribution in [2.45, 2.75) is 32.3 Å². The lowest BCUT2D eigenvalue weighted by molar-refractivity contribution is -0.420. The number of imidazole rings is 1. The number of fused-ring (bicyclic) bond motifs is 1.